The van der Waals surface area contributed by atoms with Gasteiger partial charge in [-0.1, -0.05) is 55.0 Å². The molecule has 3 aromatic rings. The van der Waals surface area contributed by atoms with Gasteiger partial charge in [0.15, 0.2) is 0 Å². The van der Waals surface area contributed by atoms with E-state index in [4.69, 9.17) is 0 Å². The summed E-state index contributed by atoms with van der Waals surface area (Å²) in [5, 5.41) is 4.54. The number of benzene rings is 2. The molecule has 5 nitrogen and oxygen atoms in total. The largest absolute Gasteiger partial charge is 0.352 e. The Balaban J connectivity index is 1.40. The molecule has 2 fully saturated rings. The van der Waals surface area contributed by atoms with Crippen LogP contribution in [0, 0.1) is 5.92 Å². The Morgan fingerprint density at radius 3 is 2.50 bits per heavy atom. The summed E-state index contributed by atoms with van der Waals surface area (Å²) in [6.07, 6.45) is 7.95. The van der Waals surface area contributed by atoms with Crippen molar-refractivity contribution in [2.24, 2.45) is 5.92 Å². The first-order valence-electron chi connectivity index (χ1n) is 11.9. The lowest BCUT2D eigenvalue weighted by molar-refractivity contribution is 0.0576. The Kier molecular flexibility index (Phi) is 6.08. The van der Waals surface area contributed by atoms with Crippen LogP contribution in [0.15, 0.2) is 65.6 Å². The highest BCUT2D eigenvalue weighted by atomic mass is 16.2. The second kappa shape index (κ2) is 9.29. The second-order valence-electron chi connectivity index (χ2n) is 9.22. The van der Waals surface area contributed by atoms with E-state index < -0.39 is 0 Å². The molecular formula is C27H31N3O2. The number of fused-ring (bicyclic) bond motifs is 2. The predicted molar refractivity (Wildman–Crippen MR) is 128 cm³/mol. The van der Waals surface area contributed by atoms with Crippen LogP contribution in [0.25, 0.3) is 10.8 Å². The molecule has 1 amide bonds. The number of carbonyl (C=O) groups is 1. The second-order valence-corrected chi connectivity index (χ2v) is 9.22. The third-order valence-electron chi connectivity index (χ3n) is 7.19. The molecular weight excluding hydrogens is 398 g/mol. The van der Waals surface area contributed by atoms with Crippen molar-refractivity contribution in [2.75, 3.05) is 19.6 Å². The van der Waals surface area contributed by atoms with Crippen LogP contribution in [0.2, 0.25) is 0 Å². The number of amides is 1. The van der Waals surface area contributed by atoms with E-state index >= 15 is 0 Å². The smallest absolute Gasteiger partial charge is 0.258 e. The van der Waals surface area contributed by atoms with Gasteiger partial charge in [-0.2, -0.15) is 0 Å². The predicted octanol–water partition coefficient (Wildman–Crippen LogP) is 4.04. The summed E-state index contributed by atoms with van der Waals surface area (Å²) in [4.78, 5) is 29.1. The zero-order valence-corrected chi connectivity index (χ0v) is 18.5. The maximum atomic E-state index is 13.3. The molecule has 0 saturated carbocycles. The number of aromatic nitrogens is 1. The lowest BCUT2D eigenvalue weighted by Crippen LogP contribution is -2.51. The quantitative estimate of drug-likeness (QED) is 0.666. The summed E-state index contributed by atoms with van der Waals surface area (Å²) in [5.74, 6) is 0.422. The van der Waals surface area contributed by atoms with E-state index in [2.05, 4.69) is 10.2 Å². The van der Waals surface area contributed by atoms with E-state index in [0.29, 0.717) is 36.0 Å². The monoisotopic (exact) mass is 429 g/mol. The standard InChI is InChI=1S/C27H31N3O2/c31-26(28-17-21-11-8-16-29-15-7-6-14-25(21)29)24-19-30(18-20-9-2-1-3-10-20)27(32)23-13-5-4-12-22(23)24/h1-5,9-10,12-13,19,21,25H,6-8,11,14-18H2,(H,28,31)/t21-,25+/m0/s1. The molecule has 2 atom stereocenters. The number of carbonyl (C=O) groups excluding carboxylic acids is 1. The van der Waals surface area contributed by atoms with Crippen molar-refractivity contribution in [3.05, 3.63) is 82.3 Å². The van der Waals surface area contributed by atoms with Crippen molar-refractivity contribution in [1.82, 2.24) is 14.8 Å². The molecule has 0 spiro atoms. The molecule has 2 saturated heterocycles. The van der Waals surface area contributed by atoms with Gasteiger partial charge in [0.1, 0.15) is 0 Å². The van der Waals surface area contributed by atoms with Crippen LogP contribution in [0.1, 0.15) is 48.0 Å². The zero-order valence-electron chi connectivity index (χ0n) is 18.5. The normalized spacial score (nSPS) is 21.2. The minimum Gasteiger partial charge on any atom is -0.352 e. The molecule has 0 unspecified atom stereocenters. The van der Waals surface area contributed by atoms with Crippen LogP contribution in [0.4, 0.5) is 0 Å². The number of pyridine rings is 1. The van der Waals surface area contributed by atoms with E-state index in [-0.39, 0.29) is 11.5 Å². The Hall–Kier alpha value is -2.92. The summed E-state index contributed by atoms with van der Waals surface area (Å²) in [6.45, 7) is 3.55. The van der Waals surface area contributed by atoms with Gasteiger partial charge in [-0.15, -0.1) is 0 Å². The number of rotatable bonds is 5. The molecule has 32 heavy (non-hydrogen) atoms. The highest BCUT2D eigenvalue weighted by Gasteiger charge is 2.33. The van der Waals surface area contributed by atoms with Crippen LogP contribution < -0.4 is 10.9 Å². The van der Waals surface area contributed by atoms with Gasteiger partial charge < -0.3 is 14.8 Å². The van der Waals surface area contributed by atoms with E-state index in [9.17, 15) is 9.59 Å². The zero-order chi connectivity index (χ0) is 21.9. The fourth-order valence-corrected chi connectivity index (χ4v) is 5.56. The van der Waals surface area contributed by atoms with E-state index in [0.717, 1.165) is 10.9 Å². The summed E-state index contributed by atoms with van der Waals surface area (Å²) in [5.41, 5.74) is 1.55. The van der Waals surface area contributed by atoms with Crippen LogP contribution in [-0.4, -0.2) is 41.1 Å². The van der Waals surface area contributed by atoms with Crippen molar-refractivity contribution in [3.8, 4) is 0 Å². The first-order chi connectivity index (χ1) is 15.7. The van der Waals surface area contributed by atoms with Crippen molar-refractivity contribution < 1.29 is 4.79 Å². The highest BCUT2D eigenvalue weighted by molar-refractivity contribution is 6.06. The van der Waals surface area contributed by atoms with Gasteiger partial charge in [0.05, 0.1) is 12.1 Å². The maximum absolute atomic E-state index is 13.3. The van der Waals surface area contributed by atoms with E-state index in [1.807, 2.05) is 54.6 Å². The number of piperidine rings is 2. The molecule has 3 heterocycles. The van der Waals surface area contributed by atoms with Gasteiger partial charge in [-0.25, -0.2) is 0 Å². The van der Waals surface area contributed by atoms with Crippen LogP contribution in [0.3, 0.4) is 0 Å². The maximum Gasteiger partial charge on any atom is 0.258 e. The van der Waals surface area contributed by atoms with Gasteiger partial charge >= 0.3 is 0 Å². The Morgan fingerprint density at radius 2 is 1.66 bits per heavy atom. The molecule has 5 rings (SSSR count). The third kappa shape index (κ3) is 4.22. The molecule has 166 valence electrons. The van der Waals surface area contributed by atoms with Gasteiger partial charge in [-0.3, -0.25) is 9.59 Å². The van der Waals surface area contributed by atoms with Gasteiger partial charge in [0, 0.05) is 29.6 Å². The van der Waals surface area contributed by atoms with Gasteiger partial charge in [0.2, 0.25) is 0 Å². The molecule has 0 bridgehead atoms. The fraction of sp³-hybridized carbons (Fsp3) is 0.407. The lowest BCUT2D eigenvalue weighted by atomic mass is 9.83. The van der Waals surface area contributed by atoms with Crippen LogP contribution in [-0.2, 0) is 6.54 Å². The number of hydrogen-bond donors (Lipinski definition) is 1. The summed E-state index contributed by atoms with van der Waals surface area (Å²) in [7, 11) is 0. The van der Waals surface area contributed by atoms with E-state index in [1.54, 1.807) is 10.8 Å². The van der Waals surface area contributed by atoms with Crippen LogP contribution >= 0.6 is 0 Å². The van der Waals surface area contributed by atoms with Gasteiger partial charge in [0.25, 0.3) is 11.5 Å². The average Bonchev–Trinajstić information content (AvgIpc) is 2.85. The van der Waals surface area contributed by atoms with Crippen molar-refractivity contribution in [2.45, 2.75) is 44.7 Å². The molecule has 1 N–H and O–H groups in total. The Labute approximate surface area is 189 Å². The lowest BCUT2D eigenvalue weighted by Gasteiger charge is -2.44. The fourth-order valence-electron chi connectivity index (χ4n) is 5.56. The first kappa shape index (κ1) is 21.0. The SMILES string of the molecule is O=C(NC[C@@H]1CCCN2CCCC[C@H]12)c1cn(Cc2ccccc2)c(=O)c2ccccc12. The molecule has 0 radical (unpaired) electrons. The topological polar surface area (TPSA) is 54.3 Å². The highest BCUT2D eigenvalue weighted by Crippen LogP contribution is 2.30. The summed E-state index contributed by atoms with van der Waals surface area (Å²) >= 11 is 0. The molecule has 2 aromatic carbocycles. The average molecular weight is 430 g/mol. The summed E-state index contributed by atoms with van der Waals surface area (Å²) < 4.78 is 1.66. The number of nitrogens with one attached hydrogen (secondary N) is 1. The first-order valence-corrected chi connectivity index (χ1v) is 11.9. The van der Waals surface area contributed by atoms with Crippen molar-refractivity contribution in [1.29, 1.82) is 0 Å². The third-order valence-corrected chi connectivity index (χ3v) is 7.19. The molecule has 0 aliphatic carbocycles. The van der Waals surface area contributed by atoms with Crippen molar-refractivity contribution >= 4 is 16.7 Å². The summed E-state index contributed by atoms with van der Waals surface area (Å²) in [6, 6.07) is 17.9. The van der Waals surface area contributed by atoms with Crippen molar-refractivity contribution in [3.63, 3.8) is 0 Å². The minimum absolute atomic E-state index is 0.0638. The number of nitrogens with zero attached hydrogens (tertiary/aromatic N) is 2. The Bertz CT molecular complexity index is 1150. The van der Waals surface area contributed by atoms with Crippen LogP contribution in [0.5, 0.6) is 0 Å². The number of hydrogen-bond acceptors (Lipinski definition) is 3. The van der Waals surface area contributed by atoms with E-state index in [1.165, 1.54) is 45.2 Å². The van der Waals surface area contributed by atoms with Gasteiger partial charge in [-0.05, 0) is 56.3 Å². The molecule has 1 aromatic heterocycles. The Morgan fingerprint density at radius 1 is 0.906 bits per heavy atom. The molecule has 2 aliphatic rings. The molecule has 5 heteroatoms. The molecule has 2 aliphatic heterocycles. The minimum atomic E-state index is -0.0871.